The Morgan fingerprint density at radius 3 is 2.42 bits per heavy atom. The van der Waals surface area contributed by atoms with Crippen LogP contribution in [0.3, 0.4) is 0 Å². The fraction of sp³-hybridized carbons (Fsp3) is 0.353. The molecule has 2 heterocycles. The molecule has 4 aromatic rings. The zero-order valence-electron chi connectivity index (χ0n) is 24.7. The summed E-state index contributed by atoms with van der Waals surface area (Å²) < 4.78 is 7.61. The molecule has 0 bridgehead atoms. The standard InChI is InChI=1S/C34H39N5O4/c1-34(2,35)29(40)19-26(22-43-21-24-11-4-3-5-12-24)32(41)37-30-20-39(23-36-30)31(33(42)38-17-8-9-18-38)28-16-10-14-25-13-6-7-15-27(25)28/h3-7,10-16,20,23,26,31H,8-9,17-19,21-22,35H2,1-2H3,(H,37,41)/t26-,31?/m1/s1. The number of imidazole rings is 1. The number of carbonyl (C=O) groups is 3. The summed E-state index contributed by atoms with van der Waals surface area (Å²) in [6.07, 6.45) is 5.13. The molecule has 0 radical (unpaired) electrons. The zero-order chi connectivity index (χ0) is 30.4. The molecular weight excluding hydrogens is 542 g/mol. The summed E-state index contributed by atoms with van der Waals surface area (Å²) in [7, 11) is 0. The van der Waals surface area contributed by atoms with E-state index in [2.05, 4.69) is 10.3 Å². The normalized spacial score (nSPS) is 14.9. The quantitative estimate of drug-likeness (QED) is 0.250. The molecule has 1 unspecified atom stereocenters. The van der Waals surface area contributed by atoms with Crippen molar-refractivity contribution in [3.8, 4) is 0 Å². The fourth-order valence-electron chi connectivity index (χ4n) is 5.40. The molecule has 2 atom stereocenters. The third-order valence-electron chi connectivity index (χ3n) is 7.87. The number of nitrogens with zero attached hydrogens (tertiary/aromatic N) is 3. The minimum atomic E-state index is -1.08. The molecule has 3 N–H and O–H groups in total. The van der Waals surface area contributed by atoms with Crippen LogP contribution in [0.25, 0.3) is 10.8 Å². The van der Waals surface area contributed by atoms with Gasteiger partial charge < -0.3 is 25.3 Å². The van der Waals surface area contributed by atoms with Gasteiger partial charge in [-0.25, -0.2) is 4.98 Å². The SMILES string of the molecule is CC(C)(N)C(=O)C[C@H](COCc1ccccc1)C(=O)Nc1cn(C(C(=O)N2CCCC2)c2cccc3ccccc23)cn1. The van der Waals surface area contributed by atoms with E-state index in [4.69, 9.17) is 10.5 Å². The van der Waals surface area contributed by atoms with Crippen molar-refractivity contribution in [3.05, 3.63) is 96.4 Å². The van der Waals surface area contributed by atoms with Crippen molar-refractivity contribution in [3.63, 3.8) is 0 Å². The number of ether oxygens (including phenoxy) is 1. The number of nitrogens with one attached hydrogen (secondary N) is 1. The molecule has 0 spiro atoms. The Morgan fingerprint density at radius 1 is 0.977 bits per heavy atom. The average Bonchev–Trinajstić information content (AvgIpc) is 3.70. The second kappa shape index (κ2) is 13.3. The molecule has 1 fully saturated rings. The lowest BCUT2D eigenvalue weighted by Crippen LogP contribution is -2.44. The summed E-state index contributed by atoms with van der Waals surface area (Å²) in [4.78, 5) is 46.5. The average molecular weight is 582 g/mol. The van der Waals surface area contributed by atoms with Crippen molar-refractivity contribution in [1.29, 1.82) is 0 Å². The van der Waals surface area contributed by atoms with E-state index in [0.29, 0.717) is 19.7 Å². The smallest absolute Gasteiger partial charge is 0.250 e. The van der Waals surface area contributed by atoms with Crippen LogP contribution in [0.1, 0.15) is 50.3 Å². The number of hydrogen-bond donors (Lipinski definition) is 2. The summed E-state index contributed by atoms with van der Waals surface area (Å²) in [5.41, 5.74) is 6.79. The highest BCUT2D eigenvalue weighted by molar-refractivity contribution is 5.97. The zero-order valence-corrected chi connectivity index (χ0v) is 24.7. The largest absolute Gasteiger partial charge is 0.376 e. The van der Waals surface area contributed by atoms with Gasteiger partial charge in [0.1, 0.15) is 6.04 Å². The van der Waals surface area contributed by atoms with E-state index in [-0.39, 0.29) is 30.5 Å². The molecule has 43 heavy (non-hydrogen) atoms. The van der Waals surface area contributed by atoms with Crippen LogP contribution in [0.4, 0.5) is 5.82 Å². The molecule has 0 saturated carbocycles. The van der Waals surface area contributed by atoms with E-state index < -0.39 is 23.4 Å². The first-order valence-electron chi connectivity index (χ1n) is 14.8. The van der Waals surface area contributed by atoms with Gasteiger partial charge >= 0.3 is 0 Å². The maximum atomic E-state index is 13.9. The lowest BCUT2D eigenvalue weighted by Gasteiger charge is -2.25. The molecule has 1 aromatic heterocycles. The Hall–Kier alpha value is -4.34. The molecule has 9 nitrogen and oxygen atoms in total. The maximum Gasteiger partial charge on any atom is 0.250 e. The topological polar surface area (TPSA) is 120 Å². The van der Waals surface area contributed by atoms with Crippen molar-refractivity contribution in [2.24, 2.45) is 11.7 Å². The summed E-state index contributed by atoms with van der Waals surface area (Å²) in [6.45, 7) is 5.03. The predicted octanol–water partition coefficient (Wildman–Crippen LogP) is 4.72. The Labute approximate surface area is 252 Å². The summed E-state index contributed by atoms with van der Waals surface area (Å²) in [6, 6.07) is 22.9. The first-order valence-corrected chi connectivity index (χ1v) is 14.8. The fourth-order valence-corrected chi connectivity index (χ4v) is 5.40. The number of carbonyl (C=O) groups excluding carboxylic acids is 3. The molecule has 0 aliphatic carbocycles. The third kappa shape index (κ3) is 7.36. The third-order valence-corrected chi connectivity index (χ3v) is 7.87. The van der Waals surface area contributed by atoms with Crippen molar-refractivity contribution >= 4 is 34.2 Å². The van der Waals surface area contributed by atoms with Gasteiger partial charge in [0, 0.05) is 25.7 Å². The number of aromatic nitrogens is 2. The summed E-state index contributed by atoms with van der Waals surface area (Å²) in [5.74, 6) is -1.13. The number of amides is 2. The minimum absolute atomic E-state index is 0.00732. The first-order chi connectivity index (χ1) is 20.7. The van der Waals surface area contributed by atoms with E-state index in [1.165, 1.54) is 0 Å². The van der Waals surface area contributed by atoms with Gasteiger partial charge in [0.25, 0.3) is 0 Å². The molecule has 1 saturated heterocycles. The number of benzene rings is 3. The second-order valence-corrected chi connectivity index (χ2v) is 11.7. The monoisotopic (exact) mass is 581 g/mol. The number of likely N-dealkylation sites (tertiary alicyclic amines) is 1. The summed E-state index contributed by atoms with van der Waals surface area (Å²) in [5, 5.41) is 4.88. The highest BCUT2D eigenvalue weighted by atomic mass is 16.5. The molecule has 9 heteroatoms. The van der Waals surface area contributed by atoms with Gasteiger partial charge in [-0.3, -0.25) is 14.4 Å². The lowest BCUT2D eigenvalue weighted by atomic mass is 9.91. The highest BCUT2D eigenvalue weighted by Gasteiger charge is 2.32. The predicted molar refractivity (Wildman–Crippen MR) is 166 cm³/mol. The van der Waals surface area contributed by atoms with Crippen LogP contribution in [0.15, 0.2) is 85.3 Å². The number of rotatable bonds is 12. The van der Waals surface area contributed by atoms with Crippen LogP contribution in [0, 0.1) is 5.92 Å². The number of fused-ring (bicyclic) bond motifs is 1. The van der Waals surface area contributed by atoms with E-state index in [1.807, 2.05) is 77.7 Å². The van der Waals surface area contributed by atoms with E-state index in [1.54, 1.807) is 30.9 Å². The molecular formula is C34H39N5O4. The number of hydrogen-bond acceptors (Lipinski definition) is 6. The highest BCUT2D eigenvalue weighted by Crippen LogP contribution is 2.30. The van der Waals surface area contributed by atoms with Gasteiger partial charge in [-0.15, -0.1) is 0 Å². The van der Waals surface area contributed by atoms with Crippen LogP contribution < -0.4 is 11.1 Å². The van der Waals surface area contributed by atoms with Crippen LogP contribution in [-0.2, 0) is 25.7 Å². The van der Waals surface area contributed by atoms with Crippen molar-refractivity contribution < 1.29 is 19.1 Å². The second-order valence-electron chi connectivity index (χ2n) is 11.7. The molecule has 5 rings (SSSR count). The van der Waals surface area contributed by atoms with E-state index >= 15 is 0 Å². The van der Waals surface area contributed by atoms with Crippen molar-refractivity contribution in [2.45, 2.75) is 51.3 Å². The number of ketones is 1. The van der Waals surface area contributed by atoms with Crippen LogP contribution in [-0.4, -0.2) is 57.3 Å². The van der Waals surface area contributed by atoms with Crippen LogP contribution in [0.5, 0.6) is 0 Å². The molecule has 224 valence electrons. The summed E-state index contributed by atoms with van der Waals surface area (Å²) >= 11 is 0. The van der Waals surface area contributed by atoms with Gasteiger partial charge in [0.2, 0.25) is 11.8 Å². The van der Waals surface area contributed by atoms with Crippen molar-refractivity contribution in [1.82, 2.24) is 14.5 Å². The molecule has 2 amide bonds. The van der Waals surface area contributed by atoms with Crippen LogP contribution >= 0.6 is 0 Å². The molecule has 3 aromatic carbocycles. The number of nitrogens with two attached hydrogens (primary N) is 1. The van der Waals surface area contributed by atoms with Gasteiger partial charge in [0.15, 0.2) is 11.6 Å². The molecule has 1 aliphatic rings. The van der Waals surface area contributed by atoms with Gasteiger partial charge in [-0.1, -0.05) is 72.8 Å². The van der Waals surface area contributed by atoms with E-state index in [9.17, 15) is 14.4 Å². The van der Waals surface area contributed by atoms with Gasteiger partial charge in [0.05, 0.1) is 31.0 Å². The number of anilines is 1. The lowest BCUT2D eigenvalue weighted by molar-refractivity contribution is -0.132. The van der Waals surface area contributed by atoms with E-state index in [0.717, 1.165) is 34.7 Å². The van der Waals surface area contributed by atoms with Gasteiger partial charge in [-0.2, -0.15) is 0 Å². The van der Waals surface area contributed by atoms with Crippen LogP contribution in [0.2, 0.25) is 0 Å². The molecule has 1 aliphatic heterocycles. The Bertz CT molecular complexity index is 1570. The maximum absolute atomic E-state index is 13.9. The Kier molecular flexibility index (Phi) is 9.33. The number of Topliss-reactive ketones (excluding diaryl/α,β-unsaturated/α-hetero) is 1. The first kappa shape index (κ1) is 30.1. The Balaban J connectivity index is 1.37. The van der Waals surface area contributed by atoms with Crippen molar-refractivity contribution in [2.75, 3.05) is 25.0 Å². The Morgan fingerprint density at radius 2 is 1.67 bits per heavy atom. The van der Waals surface area contributed by atoms with Gasteiger partial charge in [-0.05, 0) is 48.6 Å². The minimum Gasteiger partial charge on any atom is -0.376 e.